The van der Waals surface area contributed by atoms with E-state index in [0.717, 1.165) is 12.8 Å². The van der Waals surface area contributed by atoms with Crippen LogP contribution in [0.3, 0.4) is 0 Å². The molecule has 0 radical (unpaired) electrons. The van der Waals surface area contributed by atoms with Crippen molar-refractivity contribution in [1.82, 2.24) is 0 Å². The van der Waals surface area contributed by atoms with Crippen LogP contribution in [0.25, 0.3) is 0 Å². The van der Waals surface area contributed by atoms with Crippen LogP contribution in [-0.4, -0.2) is 22.4 Å². The molecule has 0 aromatic rings. The first-order chi connectivity index (χ1) is 4.70. The molecule has 1 rings (SSSR count). The third-order valence-electron chi connectivity index (χ3n) is 2.33. The molecule has 10 heavy (non-hydrogen) atoms. The quantitative estimate of drug-likeness (QED) is 0.618. The Morgan fingerprint density at radius 1 is 1.50 bits per heavy atom. The van der Waals surface area contributed by atoms with Crippen molar-refractivity contribution in [2.45, 2.75) is 38.2 Å². The molecular formula is C8H16O2. The van der Waals surface area contributed by atoms with Gasteiger partial charge in [-0.05, 0) is 18.8 Å². The Bertz CT molecular complexity index is 106. The minimum absolute atomic E-state index is 0.0623. The summed E-state index contributed by atoms with van der Waals surface area (Å²) in [6.07, 6.45) is 3.99. The zero-order valence-corrected chi connectivity index (χ0v) is 6.51. The van der Waals surface area contributed by atoms with E-state index < -0.39 is 5.60 Å². The number of rotatable bonds is 3. The van der Waals surface area contributed by atoms with Gasteiger partial charge in [-0.2, -0.15) is 0 Å². The van der Waals surface area contributed by atoms with Crippen LogP contribution in [0.1, 0.15) is 32.6 Å². The summed E-state index contributed by atoms with van der Waals surface area (Å²) in [6, 6.07) is 0. The fourth-order valence-electron chi connectivity index (χ4n) is 1.76. The summed E-state index contributed by atoms with van der Waals surface area (Å²) in [7, 11) is 0. The fourth-order valence-corrected chi connectivity index (χ4v) is 1.76. The second-order valence-corrected chi connectivity index (χ2v) is 3.45. The number of aliphatic hydroxyl groups is 2. The molecule has 0 aromatic heterocycles. The van der Waals surface area contributed by atoms with Crippen molar-refractivity contribution in [2.24, 2.45) is 5.92 Å². The zero-order chi connectivity index (χ0) is 7.61. The largest absolute Gasteiger partial charge is 0.393 e. The molecule has 2 heteroatoms. The van der Waals surface area contributed by atoms with Gasteiger partial charge in [0, 0.05) is 0 Å². The number of hydrogen-bond donors (Lipinski definition) is 2. The van der Waals surface area contributed by atoms with E-state index in [1.165, 1.54) is 12.8 Å². The summed E-state index contributed by atoms with van der Waals surface area (Å²) >= 11 is 0. The third-order valence-corrected chi connectivity index (χ3v) is 2.33. The highest BCUT2D eigenvalue weighted by molar-refractivity contribution is 4.93. The van der Waals surface area contributed by atoms with Gasteiger partial charge in [-0.3, -0.25) is 0 Å². The minimum Gasteiger partial charge on any atom is -0.393 e. The van der Waals surface area contributed by atoms with Crippen LogP contribution in [0, 0.1) is 5.92 Å². The Morgan fingerprint density at radius 3 is 2.50 bits per heavy atom. The van der Waals surface area contributed by atoms with E-state index >= 15 is 0 Å². The highest BCUT2D eigenvalue weighted by atomic mass is 16.3. The van der Waals surface area contributed by atoms with E-state index in [1.807, 2.05) is 0 Å². The summed E-state index contributed by atoms with van der Waals surface area (Å²) in [5.74, 6) is 0.669. The molecule has 0 atom stereocenters. The summed E-state index contributed by atoms with van der Waals surface area (Å²) < 4.78 is 0. The van der Waals surface area contributed by atoms with Crippen molar-refractivity contribution in [1.29, 1.82) is 0 Å². The van der Waals surface area contributed by atoms with Crippen LogP contribution in [-0.2, 0) is 0 Å². The van der Waals surface area contributed by atoms with E-state index in [-0.39, 0.29) is 6.61 Å². The normalized spacial score (nSPS) is 39.3. The first kappa shape index (κ1) is 8.02. The first-order valence-electron chi connectivity index (χ1n) is 4.03. The van der Waals surface area contributed by atoms with Crippen molar-refractivity contribution in [2.75, 3.05) is 6.61 Å². The van der Waals surface area contributed by atoms with Gasteiger partial charge in [0.15, 0.2) is 0 Å². The van der Waals surface area contributed by atoms with Crippen LogP contribution in [0.4, 0.5) is 0 Å². The van der Waals surface area contributed by atoms with Gasteiger partial charge >= 0.3 is 0 Å². The molecule has 0 spiro atoms. The van der Waals surface area contributed by atoms with Gasteiger partial charge in [0.25, 0.3) is 0 Å². The molecule has 60 valence electrons. The third kappa shape index (κ3) is 1.50. The summed E-state index contributed by atoms with van der Waals surface area (Å²) in [5, 5.41) is 18.0. The number of aliphatic hydroxyl groups excluding tert-OH is 1. The predicted molar refractivity (Wildman–Crippen MR) is 39.7 cm³/mol. The van der Waals surface area contributed by atoms with Crippen molar-refractivity contribution in [3.8, 4) is 0 Å². The Kier molecular flexibility index (Phi) is 2.32. The van der Waals surface area contributed by atoms with Gasteiger partial charge in [0.1, 0.15) is 0 Å². The lowest BCUT2D eigenvalue weighted by atomic mass is 9.70. The molecular weight excluding hydrogens is 128 g/mol. The van der Waals surface area contributed by atoms with Crippen molar-refractivity contribution in [3.63, 3.8) is 0 Å². The lowest BCUT2D eigenvalue weighted by Crippen LogP contribution is -2.46. The minimum atomic E-state index is -0.708. The van der Waals surface area contributed by atoms with Crippen LogP contribution < -0.4 is 0 Å². The van der Waals surface area contributed by atoms with Crippen molar-refractivity contribution >= 4 is 0 Å². The van der Waals surface area contributed by atoms with Crippen LogP contribution in [0.5, 0.6) is 0 Å². The maximum atomic E-state index is 9.37. The van der Waals surface area contributed by atoms with Crippen molar-refractivity contribution < 1.29 is 10.2 Å². The fraction of sp³-hybridized carbons (Fsp3) is 1.00. The molecule has 0 bridgehead atoms. The standard InChI is InChI=1S/C8H16O2/c1-2-3-7-4-8(10,5-7)6-9/h7,9-10H,2-6H2,1H3. The molecule has 1 fully saturated rings. The van der Waals surface area contributed by atoms with Crippen LogP contribution in [0.15, 0.2) is 0 Å². The van der Waals surface area contributed by atoms with E-state index in [1.54, 1.807) is 0 Å². The molecule has 1 saturated carbocycles. The molecule has 0 aromatic carbocycles. The van der Waals surface area contributed by atoms with Crippen LogP contribution >= 0.6 is 0 Å². The molecule has 2 nitrogen and oxygen atoms in total. The smallest absolute Gasteiger partial charge is 0.0882 e. The average Bonchev–Trinajstić information content (AvgIpc) is 1.85. The second kappa shape index (κ2) is 2.89. The number of hydrogen-bond acceptors (Lipinski definition) is 2. The Hall–Kier alpha value is -0.0800. The van der Waals surface area contributed by atoms with E-state index in [9.17, 15) is 5.11 Å². The SMILES string of the molecule is CCCC1CC(O)(CO)C1. The molecule has 0 unspecified atom stereocenters. The maximum absolute atomic E-state index is 9.37. The molecule has 0 aliphatic heterocycles. The first-order valence-corrected chi connectivity index (χ1v) is 4.03. The van der Waals surface area contributed by atoms with E-state index in [4.69, 9.17) is 5.11 Å². The lowest BCUT2D eigenvalue weighted by molar-refractivity contribution is -0.108. The van der Waals surface area contributed by atoms with Gasteiger partial charge in [0.2, 0.25) is 0 Å². The molecule has 0 heterocycles. The van der Waals surface area contributed by atoms with Crippen LogP contribution in [0.2, 0.25) is 0 Å². The molecule has 2 N–H and O–H groups in total. The molecule has 0 amide bonds. The van der Waals surface area contributed by atoms with Gasteiger partial charge in [-0.1, -0.05) is 19.8 Å². The summed E-state index contributed by atoms with van der Waals surface area (Å²) in [4.78, 5) is 0. The monoisotopic (exact) mass is 144 g/mol. The highest BCUT2D eigenvalue weighted by Gasteiger charge is 2.41. The van der Waals surface area contributed by atoms with Gasteiger partial charge in [-0.25, -0.2) is 0 Å². The molecule has 0 saturated heterocycles. The average molecular weight is 144 g/mol. The predicted octanol–water partition coefficient (Wildman–Crippen LogP) is 0.920. The van der Waals surface area contributed by atoms with Gasteiger partial charge in [-0.15, -0.1) is 0 Å². The van der Waals surface area contributed by atoms with Gasteiger partial charge in [0.05, 0.1) is 12.2 Å². The Morgan fingerprint density at radius 2 is 2.10 bits per heavy atom. The Labute approximate surface area is 61.9 Å². The molecule has 1 aliphatic carbocycles. The second-order valence-electron chi connectivity index (χ2n) is 3.45. The van der Waals surface area contributed by atoms with Gasteiger partial charge < -0.3 is 10.2 Å². The molecule has 1 aliphatic rings. The summed E-state index contributed by atoms with van der Waals surface area (Å²) in [6.45, 7) is 2.09. The van der Waals surface area contributed by atoms with E-state index in [0.29, 0.717) is 5.92 Å². The lowest BCUT2D eigenvalue weighted by Gasteiger charge is -2.42. The van der Waals surface area contributed by atoms with E-state index in [2.05, 4.69) is 6.92 Å². The topological polar surface area (TPSA) is 40.5 Å². The zero-order valence-electron chi connectivity index (χ0n) is 6.51. The maximum Gasteiger partial charge on any atom is 0.0882 e. The summed E-state index contributed by atoms with van der Waals surface area (Å²) in [5.41, 5.74) is -0.708. The Balaban J connectivity index is 2.16. The van der Waals surface area contributed by atoms with Crippen molar-refractivity contribution in [3.05, 3.63) is 0 Å². The highest BCUT2D eigenvalue weighted by Crippen LogP contribution is 2.39.